The van der Waals surface area contributed by atoms with E-state index in [2.05, 4.69) is 27.0 Å². The SMILES string of the molecule is COc1ccc2c(c1)CCN2c1ncnc2cc(OC)c(OC)cc12.CS(=O)(=O)O. The second-order valence-electron chi connectivity index (χ2n) is 6.55. The number of anilines is 2. The van der Waals surface area contributed by atoms with E-state index < -0.39 is 10.1 Å². The number of hydrogen-bond donors (Lipinski definition) is 1. The van der Waals surface area contributed by atoms with Crippen LogP contribution in [0.4, 0.5) is 11.5 Å². The van der Waals surface area contributed by atoms with Gasteiger partial charge in [0.05, 0.1) is 33.1 Å². The van der Waals surface area contributed by atoms with Gasteiger partial charge in [-0.1, -0.05) is 0 Å². The molecule has 0 fully saturated rings. The van der Waals surface area contributed by atoms with Crippen LogP contribution in [-0.4, -0.2) is 57.1 Å². The minimum atomic E-state index is -3.67. The maximum Gasteiger partial charge on any atom is 0.261 e. The van der Waals surface area contributed by atoms with Crippen LogP contribution in [0.1, 0.15) is 5.56 Å². The van der Waals surface area contributed by atoms with Crippen LogP contribution in [0.5, 0.6) is 17.2 Å². The van der Waals surface area contributed by atoms with Crippen LogP contribution in [0, 0.1) is 0 Å². The van der Waals surface area contributed by atoms with E-state index >= 15 is 0 Å². The molecule has 1 aliphatic rings. The third-order valence-corrected chi connectivity index (χ3v) is 4.56. The van der Waals surface area contributed by atoms with Gasteiger partial charge in [0.1, 0.15) is 17.9 Å². The molecule has 30 heavy (non-hydrogen) atoms. The Balaban J connectivity index is 0.000000461. The van der Waals surface area contributed by atoms with Crippen molar-refractivity contribution in [2.24, 2.45) is 0 Å². The average molecular weight is 433 g/mol. The second kappa shape index (κ2) is 8.72. The molecule has 9 nitrogen and oxygen atoms in total. The summed E-state index contributed by atoms with van der Waals surface area (Å²) in [7, 11) is 1.27. The molecule has 1 N–H and O–H groups in total. The maximum atomic E-state index is 9.19. The molecule has 0 radical (unpaired) electrons. The standard InChI is InChI=1S/C19H19N3O3.CH4O3S/c1-23-13-4-5-16-12(8-13)6-7-22(16)19-14-9-17(24-2)18(25-3)10-15(14)20-11-21-19;1-5(2,3)4/h4-5,8-11H,6-7H2,1-3H3;1H3,(H,2,3,4). The summed E-state index contributed by atoms with van der Waals surface area (Å²) in [6, 6.07) is 9.96. The topological polar surface area (TPSA) is 111 Å². The fourth-order valence-electron chi connectivity index (χ4n) is 3.31. The van der Waals surface area contributed by atoms with Crippen molar-refractivity contribution in [3.8, 4) is 17.2 Å². The second-order valence-corrected chi connectivity index (χ2v) is 8.02. The largest absolute Gasteiger partial charge is 0.497 e. The molecule has 0 bridgehead atoms. The number of aromatic nitrogens is 2. The van der Waals surface area contributed by atoms with Crippen LogP contribution in [0.3, 0.4) is 0 Å². The van der Waals surface area contributed by atoms with Crippen LogP contribution < -0.4 is 19.1 Å². The molecule has 2 aromatic carbocycles. The van der Waals surface area contributed by atoms with E-state index in [1.54, 1.807) is 27.7 Å². The van der Waals surface area contributed by atoms with Gasteiger partial charge in [-0.2, -0.15) is 8.42 Å². The van der Waals surface area contributed by atoms with Gasteiger partial charge in [0.15, 0.2) is 11.5 Å². The molecule has 1 aliphatic heterocycles. The number of methoxy groups -OCH3 is 3. The van der Waals surface area contributed by atoms with Gasteiger partial charge < -0.3 is 19.1 Å². The zero-order valence-electron chi connectivity index (χ0n) is 17.1. The van der Waals surface area contributed by atoms with Gasteiger partial charge >= 0.3 is 0 Å². The van der Waals surface area contributed by atoms with Gasteiger partial charge in [-0.25, -0.2) is 9.97 Å². The lowest BCUT2D eigenvalue weighted by molar-refractivity contribution is 0.356. The molecule has 2 heterocycles. The van der Waals surface area contributed by atoms with Crippen molar-refractivity contribution in [2.75, 3.05) is 39.0 Å². The van der Waals surface area contributed by atoms with Crippen LogP contribution in [-0.2, 0) is 16.5 Å². The van der Waals surface area contributed by atoms with Crippen LogP contribution in [0.15, 0.2) is 36.7 Å². The Kier molecular flexibility index (Phi) is 6.28. The molecule has 0 aliphatic carbocycles. The van der Waals surface area contributed by atoms with Crippen molar-refractivity contribution in [3.05, 3.63) is 42.2 Å². The summed E-state index contributed by atoms with van der Waals surface area (Å²) in [5.74, 6) is 3.07. The molecular formula is C20H23N3O6S. The van der Waals surface area contributed by atoms with Crippen molar-refractivity contribution < 1.29 is 27.2 Å². The van der Waals surface area contributed by atoms with Crippen molar-refractivity contribution in [1.82, 2.24) is 9.97 Å². The molecule has 0 unspecified atom stereocenters. The summed E-state index contributed by atoms with van der Waals surface area (Å²) in [5.41, 5.74) is 3.23. The molecular weight excluding hydrogens is 410 g/mol. The third-order valence-electron chi connectivity index (χ3n) is 4.56. The van der Waals surface area contributed by atoms with E-state index in [1.165, 1.54) is 5.56 Å². The molecule has 0 saturated carbocycles. The molecule has 0 amide bonds. The first-order chi connectivity index (χ1) is 14.2. The average Bonchev–Trinajstić information content (AvgIpc) is 3.13. The number of rotatable bonds is 4. The predicted molar refractivity (Wildman–Crippen MR) is 114 cm³/mol. The summed E-state index contributed by atoms with van der Waals surface area (Å²) in [4.78, 5) is 11.1. The Labute approximate surface area is 175 Å². The summed E-state index contributed by atoms with van der Waals surface area (Å²) < 4.78 is 42.0. The number of nitrogens with zero attached hydrogens (tertiary/aromatic N) is 3. The van der Waals surface area contributed by atoms with Crippen LogP contribution in [0.2, 0.25) is 0 Å². The lowest BCUT2D eigenvalue weighted by atomic mass is 10.1. The Hall–Kier alpha value is -3.11. The van der Waals surface area contributed by atoms with Crippen molar-refractivity contribution >= 4 is 32.5 Å². The highest BCUT2D eigenvalue weighted by Gasteiger charge is 2.24. The zero-order chi connectivity index (χ0) is 21.9. The smallest absolute Gasteiger partial charge is 0.261 e. The minimum Gasteiger partial charge on any atom is -0.497 e. The normalized spacial score (nSPS) is 12.8. The van der Waals surface area contributed by atoms with Crippen molar-refractivity contribution in [3.63, 3.8) is 0 Å². The minimum absolute atomic E-state index is 0.659. The maximum absolute atomic E-state index is 9.19. The predicted octanol–water partition coefficient (Wildman–Crippen LogP) is 2.85. The Bertz CT molecular complexity index is 1160. The van der Waals surface area contributed by atoms with Crippen LogP contribution >= 0.6 is 0 Å². The molecule has 3 aromatic rings. The number of ether oxygens (including phenoxy) is 3. The van der Waals surface area contributed by atoms with E-state index in [9.17, 15) is 8.42 Å². The fraction of sp³-hybridized carbons (Fsp3) is 0.300. The van der Waals surface area contributed by atoms with E-state index in [0.29, 0.717) is 17.8 Å². The van der Waals surface area contributed by atoms with Gasteiger partial charge in [-0.05, 0) is 36.2 Å². The van der Waals surface area contributed by atoms with Crippen molar-refractivity contribution in [2.45, 2.75) is 6.42 Å². The fourth-order valence-corrected chi connectivity index (χ4v) is 3.31. The first kappa shape index (κ1) is 21.6. The van der Waals surface area contributed by atoms with Gasteiger partial charge in [-0.15, -0.1) is 0 Å². The Morgan fingerprint density at radius 2 is 1.67 bits per heavy atom. The summed E-state index contributed by atoms with van der Waals surface area (Å²) >= 11 is 0. The summed E-state index contributed by atoms with van der Waals surface area (Å²) in [6.07, 6.45) is 3.25. The Morgan fingerprint density at radius 3 is 2.30 bits per heavy atom. The lowest BCUT2D eigenvalue weighted by Gasteiger charge is -2.20. The number of benzene rings is 2. The molecule has 4 rings (SSSR count). The zero-order valence-corrected chi connectivity index (χ0v) is 17.9. The summed E-state index contributed by atoms with van der Waals surface area (Å²) in [5, 5.41) is 0.934. The monoisotopic (exact) mass is 433 g/mol. The highest BCUT2D eigenvalue weighted by atomic mass is 32.2. The molecule has 0 atom stereocenters. The number of fused-ring (bicyclic) bond motifs is 2. The van der Waals surface area contributed by atoms with Crippen LogP contribution in [0.25, 0.3) is 10.9 Å². The molecule has 0 spiro atoms. The highest BCUT2D eigenvalue weighted by Crippen LogP contribution is 2.40. The van der Waals surface area contributed by atoms with Gasteiger partial charge in [-0.3, -0.25) is 4.55 Å². The van der Waals surface area contributed by atoms with Gasteiger partial charge in [0.2, 0.25) is 0 Å². The molecule has 10 heteroatoms. The van der Waals surface area contributed by atoms with E-state index in [-0.39, 0.29) is 0 Å². The third kappa shape index (κ3) is 4.71. The quantitative estimate of drug-likeness (QED) is 0.621. The molecule has 0 saturated heterocycles. The lowest BCUT2D eigenvalue weighted by Crippen LogP contribution is -2.15. The van der Waals surface area contributed by atoms with E-state index in [4.69, 9.17) is 18.8 Å². The highest BCUT2D eigenvalue weighted by molar-refractivity contribution is 7.85. The van der Waals surface area contributed by atoms with Crippen molar-refractivity contribution in [1.29, 1.82) is 0 Å². The first-order valence-electron chi connectivity index (χ1n) is 8.98. The molecule has 160 valence electrons. The summed E-state index contributed by atoms with van der Waals surface area (Å²) in [6.45, 7) is 0.864. The van der Waals surface area contributed by atoms with Gasteiger partial charge in [0.25, 0.3) is 10.1 Å². The van der Waals surface area contributed by atoms with E-state index in [0.717, 1.165) is 41.1 Å². The molecule has 1 aromatic heterocycles. The van der Waals surface area contributed by atoms with E-state index in [1.807, 2.05) is 18.2 Å². The first-order valence-corrected chi connectivity index (χ1v) is 10.8. The number of hydrogen-bond acceptors (Lipinski definition) is 8. The van der Waals surface area contributed by atoms with Gasteiger partial charge in [0, 0.05) is 23.7 Å². The Morgan fingerprint density at radius 1 is 1.00 bits per heavy atom.